The fourth-order valence-corrected chi connectivity index (χ4v) is 3.71. The fraction of sp³-hybridized carbons (Fsp3) is 0.250. The van der Waals surface area contributed by atoms with Gasteiger partial charge in [-0.05, 0) is 67.9 Å². The number of nitrogen functional groups attached to an aromatic ring is 1. The summed E-state index contributed by atoms with van der Waals surface area (Å²) in [5, 5.41) is 41.9. The smallest absolute Gasteiger partial charge is 0.341 e. The topological polar surface area (TPSA) is 187 Å². The Balaban J connectivity index is 1.90. The molecule has 0 saturated heterocycles. The van der Waals surface area contributed by atoms with Crippen LogP contribution in [0.15, 0.2) is 54.6 Å². The summed E-state index contributed by atoms with van der Waals surface area (Å²) in [6.07, 6.45) is -0.608. The summed E-state index contributed by atoms with van der Waals surface area (Å²) in [7, 11) is 0. The van der Waals surface area contributed by atoms with E-state index in [-0.39, 0.29) is 43.0 Å². The van der Waals surface area contributed by atoms with Crippen LogP contribution in [-0.4, -0.2) is 52.3 Å². The molecule has 8 N–H and O–H groups in total. The minimum Gasteiger partial charge on any atom is -0.484 e. The molecule has 11 nitrogen and oxygen atoms in total. The van der Waals surface area contributed by atoms with Gasteiger partial charge in [0.25, 0.3) is 5.91 Å². The number of hydrogen-bond donors (Lipinski definition) is 7. The van der Waals surface area contributed by atoms with Crippen LogP contribution in [0.5, 0.6) is 11.5 Å². The lowest BCUT2D eigenvalue weighted by Crippen LogP contribution is -2.19. The minimum atomic E-state index is -1.19. The fourth-order valence-electron chi connectivity index (χ4n) is 3.71. The second-order valence-corrected chi connectivity index (χ2v) is 8.88. The summed E-state index contributed by atoms with van der Waals surface area (Å²) in [5.74, 6) is -1.31. The zero-order chi connectivity index (χ0) is 28.5. The summed E-state index contributed by atoms with van der Waals surface area (Å²) in [6, 6.07) is 15.1. The largest absolute Gasteiger partial charge is 0.484 e. The first-order chi connectivity index (χ1) is 18.6. The summed E-state index contributed by atoms with van der Waals surface area (Å²) < 4.78 is 11.3. The van der Waals surface area contributed by atoms with Crippen LogP contribution < -0.4 is 25.8 Å². The number of carbonyl (C=O) groups is 2. The number of aliphatic carboxylic acids is 1. The van der Waals surface area contributed by atoms with Crippen LogP contribution in [0.3, 0.4) is 0 Å². The van der Waals surface area contributed by atoms with Gasteiger partial charge in [0, 0.05) is 29.0 Å². The normalized spacial score (nSPS) is 11.4. The molecule has 0 aliphatic carbocycles. The molecule has 0 aromatic heterocycles. The standard InChI is InChI=1S/C28H32N4O7/c1-16-3-8-23(22(9-16)28(37)32-21-6-4-19(5-7-21)27(29)30)31-12-20-10-18(14-34)11-24(39-17(2)13-33)26(20)38-15-25(35)36/h3-11,17,31,33-34H,12-15H2,1-2H3,(H3,29,30)(H,32,37)(H,35,36). The zero-order valence-corrected chi connectivity index (χ0v) is 21.7. The first-order valence-corrected chi connectivity index (χ1v) is 12.1. The van der Waals surface area contributed by atoms with Gasteiger partial charge in [0.2, 0.25) is 0 Å². The number of anilines is 2. The molecule has 0 heterocycles. The van der Waals surface area contributed by atoms with Crippen molar-refractivity contribution in [2.75, 3.05) is 23.8 Å². The quantitative estimate of drug-likeness (QED) is 0.127. The van der Waals surface area contributed by atoms with Crippen LogP contribution >= 0.6 is 0 Å². The van der Waals surface area contributed by atoms with Gasteiger partial charge in [0.15, 0.2) is 18.1 Å². The van der Waals surface area contributed by atoms with Gasteiger partial charge in [-0.25, -0.2) is 4.79 Å². The zero-order valence-electron chi connectivity index (χ0n) is 21.7. The molecule has 0 saturated carbocycles. The number of amides is 1. The van der Waals surface area contributed by atoms with Crippen molar-refractivity contribution in [3.63, 3.8) is 0 Å². The van der Waals surface area contributed by atoms with Crippen molar-refractivity contribution in [3.05, 3.63) is 82.4 Å². The van der Waals surface area contributed by atoms with Crippen molar-refractivity contribution in [1.82, 2.24) is 0 Å². The lowest BCUT2D eigenvalue weighted by molar-refractivity contribution is -0.139. The summed E-state index contributed by atoms with van der Waals surface area (Å²) in [5.41, 5.74) is 9.25. The highest BCUT2D eigenvalue weighted by atomic mass is 16.5. The van der Waals surface area contributed by atoms with Gasteiger partial charge in [-0.2, -0.15) is 0 Å². The van der Waals surface area contributed by atoms with Crippen LogP contribution in [-0.2, 0) is 17.9 Å². The molecule has 3 aromatic carbocycles. The Hall–Kier alpha value is -4.61. The van der Waals surface area contributed by atoms with Gasteiger partial charge < -0.3 is 41.2 Å². The Kier molecular flexibility index (Phi) is 9.85. The predicted molar refractivity (Wildman–Crippen MR) is 147 cm³/mol. The molecule has 0 aliphatic rings. The second kappa shape index (κ2) is 13.3. The highest BCUT2D eigenvalue weighted by Crippen LogP contribution is 2.35. The maximum atomic E-state index is 13.2. The van der Waals surface area contributed by atoms with Crippen LogP contribution in [0.2, 0.25) is 0 Å². The highest BCUT2D eigenvalue weighted by Gasteiger charge is 2.19. The number of rotatable bonds is 13. The number of carboxylic acids is 1. The lowest BCUT2D eigenvalue weighted by Gasteiger charge is -2.21. The van der Waals surface area contributed by atoms with E-state index in [0.29, 0.717) is 33.6 Å². The Morgan fingerprint density at radius 1 is 1.08 bits per heavy atom. The van der Waals surface area contributed by atoms with E-state index in [1.165, 1.54) is 6.07 Å². The van der Waals surface area contributed by atoms with E-state index in [9.17, 15) is 19.8 Å². The molecule has 1 atom stereocenters. The molecule has 1 unspecified atom stereocenters. The SMILES string of the molecule is Cc1ccc(NCc2cc(CO)cc(OC(C)CO)c2OCC(=O)O)c(C(=O)Nc2ccc(C(=N)N)cc2)c1. The number of benzene rings is 3. The predicted octanol–water partition coefficient (Wildman–Crippen LogP) is 2.86. The average Bonchev–Trinajstić information content (AvgIpc) is 2.91. The van der Waals surface area contributed by atoms with Crippen LogP contribution in [0.1, 0.15) is 39.5 Å². The Bertz CT molecular complexity index is 1340. The number of ether oxygens (including phenoxy) is 2. The molecule has 3 rings (SSSR count). The molecule has 3 aromatic rings. The first-order valence-electron chi connectivity index (χ1n) is 12.1. The number of nitrogens with two attached hydrogens (primary N) is 1. The van der Waals surface area contributed by atoms with E-state index in [1.54, 1.807) is 49.4 Å². The van der Waals surface area contributed by atoms with Crippen molar-refractivity contribution in [2.45, 2.75) is 33.1 Å². The molecule has 0 aliphatic heterocycles. The number of carbonyl (C=O) groups excluding carboxylic acids is 1. The number of aliphatic hydroxyl groups is 2. The van der Waals surface area contributed by atoms with Gasteiger partial charge >= 0.3 is 5.97 Å². The molecule has 1 amide bonds. The molecule has 0 spiro atoms. The molecule has 11 heteroatoms. The Morgan fingerprint density at radius 2 is 1.79 bits per heavy atom. The number of nitrogens with one attached hydrogen (secondary N) is 3. The maximum absolute atomic E-state index is 13.2. The molecule has 0 bridgehead atoms. The highest BCUT2D eigenvalue weighted by molar-refractivity contribution is 6.08. The van der Waals surface area contributed by atoms with Crippen molar-refractivity contribution >= 4 is 29.1 Å². The third kappa shape index (κ3) is 7.94. The van der Waals surface area contributed by atoms with Crippen molar-refractivity contribution in [1.29, 1.82) is 5.41 Å². The molecular formula is C28H32N4O7. The average molecular weight is 537 g/mol. The molecule has 39 heavy (non-hydrogen) atoms. The minimum absolute atomic E-state index is 0.0746. The van der Waals surface area contributed by atoms with Crippen LogP contribution in [0.25, 0.3) is 0 Å². The van der Waals surface area contributed by atoms with Gasteiger partial charge in [0.1, 0.15) is 11.9 Å². The monoisotopic (exact) mass is 536 g/mol. The summed E-state index contributed by atoms with van der Waals surface area (Å²) in [4.78, 5) is 24.4. The number of aliphatic hydroxyl groups excluding tert-OH is 2. The molecule has 0 radical (unpaired) electrons. The number of aryl methyl sites for hydroxylation is 1. The van der Waals surface area contributed by atoms with E-state index in [0.717, 1.165) is 5.56 Å². The Labute approximate surface area is 225 Å². The van der Waals surface area contributed by atoms with E-state index in [4.69, 9.17) is 25.7 Å². The van der Waals surface area contributed by atoms with Gasteiger partial charge in [-0.15, -0.1) is 0 Å². The van der Waals surface area contributed by atoms with Gasteiger partial charge in [0.05, 0.1) is 18.8 Å². The van der Waals surface area contributed by atoms with E-state index < -0.39 is 18.7 Å². The van der Waals surface area contributed by atoms with Gasteiger partial charge in [-0.1, -0.05) is 11.6 Å². The number of amidine groups is 1. The van der Waals surface area contributed by atoms with Crippen molar-refractivity contribution < 1.29 is 34.4 Å². The van der Waals surface area contributed by atoms with Gasteiger partial charge in [-0.3, -0.25) is 10.2 Å². The molecule has 0 fully saturated rings. The molecular weight excluding hydrogens is 504 g/mol. The Morgan fingerprint density at radius 3 is 2.41 bits per heavy atom. The van der Waals surface area contributed by atoms with Crippen LogP contribution in [0, 0.1) is 12.3 Å². The third-order valence-corrected chi connectivity index (χ3v) is 5.64. The number of hydrogen-bond acceptors (Lipinski definition) is 8. The number of carboxylic acid groups (broad SMARTS) is 1. The first kappa shape index (κ1) is 29.0. The van der Waals surface area contributed by atoms with Crippen LogP contribution in [0.4, 0.5) is 11.4 Å². The summed E-state index contributed by atoms with van der Waals surface area (Å²) >= 11 is 0. The van der Waals surface area contributed by atoms with Crippen molar-refractivity contribution in [3.8, 4) is 11.5 Å². The van der Waals surface area contributed by atoms with Crippen molar-refractivity contribution in [2.24, 2.45) is 5.73 Å². The maximum Gasteiger partial charge on any atom is 0.341 e. The third-order valence-electron chi connectivity index (χ3n) is 5.64. The summed E-state index contributed by atoms with van der Waals surface area (Å²) in [6.45, 7) is 2.37. The lowest BCUT2D eigenvalue weighted by atomic mass is 10.1. The van der Waals surface area contributed by atoms with E-state index in [1.807, 2.05) is 13.0 Å². The van der Waals surface area contributed by atoms with E-state index in [2.05, 4.69) is 10.6 Å². The molecule has 206 valence electrons. The second-order valence-electron chi connectivity index (χ2n) is 8.88. The van der Waals surface area contributed by atoms with E-state index >= 15 is 0 Å².